The molecule has 0 spiro atoms. The number of aliphatic hydroxyl groups is 1. The van der Waals surface area contributed by atoms with Crippen molar-refractivity contribution < 1.29 is 33.6 Å². The van der Waals surface area contributed by atoms with Crippen molar-refractivity contribution in [2.75, 3.05) is 6.61 Å². The van der Waals surface area contributed by atoms with E-state index in [4.69, 9.17) is 14.2 Å². The van der Waals surface area contributed by atoms with Gasteiger partial charge in [-0.15, -0.1) is 0 Å². The fourth-order valence-corrected chi connectivity index (χ4v) is 4.91. The SMILES string of the molecule is CCOC(C)(O)c1c(OCc2ccccc2)c2ncc(Cc3ccc(F)cc3)c3c2n(c1=O)CC(C)(C(=O)O)O3. The number of nitrogens with zero attached hydrogens (tertiary/aromatic N) is 2. The highest BCUT2D eigenvalue weighted by atomic mass is 19.1. The number of halogens is 1. The van der Waals surface area contributed by atoms with Crippen LogP contribution in [-0.2, 0) is 34.9 Å². The lowest BCUT2D eigenvalue weighted by atomic mass is 9.98. The number of carboxylic acids is 1. The molecule has 2 unspecified atom stereocenters. The van der Waals surface area contributed by atoms with E-state index in [9.17, 15) is 24.2 Å². The quantitative estimate of drug-likeness (QED) is 0.300. The Morgan fingerprint density at radius 2 is 1.88 bits per heavy atom. The molecule has 1 aliphatic rings. The first-order chi connectivity index (χ1) is 19.0. The molecule has 2 aromatic heterocycles. The third-order valence-electron chi connectivity index (χ3n) is 6.91. The predicted octanol–water partition coefficient (Wildman–Crippen LogP) is 4.14. The topological polar surface area (TPSA) is 120 Å². The van der Waals surface area contributed by atoms with Crippen molar-refractivity contribution in [3.63, 3.8) is 0 Å². The van der Waals surface area contributed by atoms with Gasteiger partial charge in [-0.25, -0.2) is 9.18 Å². The van der Waals surface area contributed by atoms with Crippen LogP contribution in [0, 0.1) is 5.82 Å². The minimum absolute atomic E-state index is 0.00987. The molecule has 2 atom stereocenters. The van der Waals surface area contributed by atoms with Gasteiger partial charge in [0.05, 0.1) is 6.54 Å². The molecule has 3 heterocycles. The third kappa shape index (κ3) is 4.91. The van der Waals surface area contributed by atoms with E-state index in [1.54, 1.807) is 19.1 Å². The van der Waals surface area contributed by atoms with Crippen molar-refractivity contribution >= 4 is 17.0 Å². The second kappa shape index (κ2) is 10.4. The molecule has 5 rings (SSSR count). The first-order valence-corrected chi connectivity index (χ1v) is 12.8. The van der Waals surface area contributed by atoms with Crippen LogP contribution in [0.2, 0.25) is 0 Å². The molecule has 10 heteroatoms. The second-order valence-electron chi connectivity index (χ2n) is 10.0. The van der Waals surface area contributed by atoms with Gasteiger partial charge >= 0.3 is 5.97 Å². The summed E-state index contributed by atoms with van der Waals surface area (Å²) in [6, 6.07) is 15.1. The highest BCUT2D eigenvalue weighted by Gasteiger charge is 2.45. The van der Waals surface area contributed by atoms with Crippen LogP contribution in [0.25, 0.3) is 11.0 Å². The molecular weight excluding hydrogens is 519 g/mol. The molecule has 9 nitrogen and oxygen atoms in total. The van der Waals surface area contributed by atoms with Crippen molar-refractivity contribution in [2.45, 2.75) is 51.7 Å². The van der Waals surface area contributed by atoms with Gasteiger partial charge in [-0.3, -0.25) is 14.3 Å². The van der Waals surface area contributed by atoms with Gasteiger partial charge in [0.15, 0.2) is 17.3 Å². The van der Waals surface area contributed by atoms with Crippen LogP contribution < -0.4 is 15.0 Å². The van der Waals surface area contributed by atoms with Crippen LogP contribution >= 0.6 is 0 Å². The molecular formula is C30H29FN2O7. The lowest BCUT2D eigenvalue weighted by Crippen LogP contribution is -2.51. The molecule has 0 saturated carbocycles. The predicted molar refractivity (Wildman–Crippen MR) is 144 cm³/mol. The zero-order chi connectivity index (χ0) is 28.7. The monoisotopic (exact) mass is 548 g/mol. The van der Waals surface area contributed by atoms with Crippen molar-refractivity contribution in [2.24, 2.45) is 0 Å². The number of aliphatic carboxylic acids is 1. The molecule has 4 aromatic rings. The average Bonchev–Trinajstić information content (AvgIpc) is 2.92. The fourth-order valence-electron chi connectivity index (χ4n) is 4.91. The number of carboxylic acid groups (broad SMARTS) is 1. The maximum absolute atomic E-state index is 14.1. The zero-order valence-corrected chi connectivity index (χ0v) is 22.3. The molecule has 40 heavy (non-hydrogen) atoms. The summed E-state index contributed by atoms with van der Waals surface area (Å²) in [7, 11) is 0. The largest absolute Gasteiger partial charge is 0.486 e. The molecule has 0 bridgehead atoms. The maximum atomic E-state index is 14.1. The highest BCUT2D eigenvalue weighted by Crippen LogP contribution is 2.43. The Kier molecular flexibility index (Phi) is 7.07. The summed E-state index contributed by atoms with van der Waals surface area (Å²) < 4.78 is 32.6. The summed E-state index contributed by atoms with van der Waals surface area (Å²) in [6.07, 6.45) is 1.75. The molecule has 0 amide bonds. The van der Waals surface area contributed by atoms with Gasteiger partial charge in [0, 0.05) is 24.8 Å². The van der Waals surface area contributed by atoms with E-state index in [1.165, 1.54) is 36.7 Å². The normalized spacial score (nSPS) is 17.7. The molecule has 0 aliphatic carbocycles. The van der Waals surface area contributed by atoms with Crippen LogP contribution in [-0.4, -0.2) is 37.9 Å². The van der Waals surface area contributed by atoms with Gasteiger partial charge in [-0.05, 0) is 44.0 Å². The number of pyridine rings is 2. The Labute approximate surface area is 229 Å². The summed E-state index contributed by atoms with van der Waals surface area (Å²) in [5.74, 6) is -3.57. The maximum Gasteiger partial charge on any atom is 0.349 e. The Balaban J connectivity index is 1.78. The number of hydrogen-bond donors (Lipinski definition) is 2. The lowest BCUT2D eigenvalue weighted by Gasteiger charge is -2.36. The Hall–Kier alpha value is -4.28. The van der Waals surface area contributed by atoms with E-state index < -0.39 is 22.9 Å². The average molecular weight is 549 g/mol. The second-order valence-corrected chi connectivity index (χ2v) is 10.0. The summed E-state index contributed by atoms with van der Waals surface area (Å²) in [6.45, 7) is 4.19. The minimum Gasteiger partial charge on any atom is -0.486 e. The lowest BCUT2D eigenvalue weighted by molar-refractivity contribution is -0.197. The molecule has 2 N–H and O–H groups in total. The van der Waals surface area contributed by atoms with Crippen molar-refractivity contribution in [3.8, 4) is 11.5 Å². The molecule has 208 valence electrons. The molecule has 0 fully saturated rings. The molecule has 0 radical (unpaired) electrons. The standard InChI is InChI=1S/C30H29FN2O7/c1-4-39-30(3,37)22-26(38-16-19-8-6-5-7-9-19)23-24-25(40-29(2,28(35)36)17-33(24)27(22)34)20(15-32-23)14-18-10-12-21(31)13-11-18/h5-13,15,37H,4,14,16-17H2,1-3H3,(H,35,36). The smallest absolute Gasteiger partial charge is 0.349 e. The summed E-state index contributed by atoms with van der Waals surface area (Å²) in [4.78, 5) is 31.1. The Bertz CT molecular complexity index is 1630. The van der Waals surface area contributed by atoms with Gasteiger partial charge < -0.3 is 24.4 Å². The zero-order valence-electron chi connectivity index (χ0n) is 22.3. The first kappa shape index (κ1) is 27.3. The van der Waals surface area contributed by atoms with Gasteiger partial charge in [-0.1, -0.05) is 42.5 Å². The minimum atomic E-state index is -2.07. The molecule has 2 aromatic carbocycles. The summed E-state index contributed by atoms with van der Waals surface area (Å²) >= 11 is 0. The number of ether oxygens (including phenoxy) is 3. The van der Waals surface area contributed by atoms with Gasteiger partial charge in [0.2, 0.25) is 5.60 Å². The molecule has 1 aliphatic heterocycles. The van der Waals surface area contributed by atoms with Crippen LogP contribution in [0.15, 0.2) is 65.6 Å². The Morgan fingerprint density at radius 1 is 1.18 bits per heavy atom. The van der Waals surface area contributed by atoms with E-state index in [0.29, 0.717) is 5.56 Å². The summed E-state index contributed by atoms with van der Waals surface area (Å²) in [5.41, 5.74) is -0.198. The number of hydrogen-bond acceptors (Lipinski definition) is 7. The van der Waals surface area contributed by atoms with Crippen LogP contribution in [0.3, 0.4) is 0 Å². The van der Waals surface area contributed by atoms with Gasteiger partial charge in [0.1, 0.15) is 29.0 Å². The third-order valence-corrected chi connectivity index (χ3v) is 6.91. The number of carbonyl (C=O) groups is 1. The summed E-state index contributed by atoms with van der Waals surface area (Å²) in [5, 5.41) is 21.4. The highest BCUT2D eigenvalue weighted by molar-refractivity contribution is 5.91. The van der Waals surface area contributed by atoms with Crippen molar-refractivity contribution in [1.82, 2.24) is 9.55 Å². The number of aromatic nitrogens is 2. The number of rotatable bonds is 9. The van der Waals surface area contributed by atoms with E-state index in [0.717, 1.165) is 11.1 Å². The molecule has 0 saturated heterocycles. The van der Waals surface area contributed by atoms with E-state index >= 15 is 0 Å². The van der Waals surface area contributed by atoms with Gasteiger partial charge in [0.25, 0.3) is 5.56 Å². The van der Waals surface area contributed by atoms with E-state index in [-0.39, 0.29) is 60.1 Å². The van der Waals surface area contributed by atoms with Crippen molar-refractivity contribution in [1.29, 1.82) is 0 Å². The Morgan fingerprint density at radius 3 is 2.52 bits per heavy atom. The van der Waals surface area contributed by atoms with Gasteiger partial charge in [-0.2, -0.15) is 0 Å². The van der Waals surface area contributed by atoms with Crippen LogP contribution in [0.4, 0.5) is 4.39 Å². The van der Waals surface area contributed by atoms with Crippen LogP contribution in [0.5, 0.6) is 11.5 Å². The van der Waals surface area contributed by atoms with E-state index in [2.05, 4.69) is 4.98 Å². The van der Waals surface area contributed by atoms with E-state index in [1.807, 2.05) is 30.3 Å². The van der Waals surface area contributed by atoms with Crippen LogP contribution in [0.1, 0.15) is 43.0 Å². The number of benzene rings is 2. The van der Waals surface area contributed by atoms with Crippen molar-refractivity contribution in [3.05, 3.63) is 99.2 Å². The first-order valence-electron chi connectivity index (χ1n) is 12.8. The fraction of sp³-hybridized carbons (Fsp3) is 0.300.